The number of H-pyrrole nitrogens is 1. The maximum absolute atomic E-state index is 4.26. The quantitative estimate of drug-likeness (QED) is 0.782. The van der Waals surface area contributed by atoms with Crippen molar-refractivity contribution in [1.29, 1.82) is 0 Å². The normalized spacial score (nSPS) is 9.56. The van der Waals surface area contributed by atoms with Crippen LogP contribution in [0.15, 0.2) is 49.2 Å². The predicted molar refractivity (Wildman–Crippen MR) is 77.6 cm³/mol. The summed E-state index contributed by atoms with van der Waals surface area (Å²) in [5.74, 6) is 0. The van der Waals surface area contributed by atoms with Crippen molar-refractivity contribution in [2.45, 2.75) is 6.42 Å². The van der Waals surface area contributed by atoms with E-state index in [2.05, 4.69) is 33.2 Å². The van der Waals surface area contributed by atoms with Crippen molar-refractivity contribution in [2.75, 3.05) is 0 Å². The highest BCUT2D eigenvalue weighted by atomic mass is 35.5. The van der Waals surface area contributed by atoms with Gasteiger partial charge >= 0.3 is 0 Å². The van der Waals surface area contributed by atoms with Gasteiger partial charge in [-0.1, -0.05) is 24.3 Å². The molecule has 0 radical (unpaired) electrons. The van der Waals surface area contributed by atoms with E-state index >= 15 is 0 Å². The van der Waals surface area contributed by atoms with E-state index in [1.807, 2.05) is 24.7 Å². The minimum absolute atomic E-state index is 0. The van der Waals surface area contributed by atoms with Gasteiger partial charge in [-0.15, -0.1) is 24.8 Å². The number of nitrogens with zero attached hydrogens (tertiary/aromatic N) is 2. The average molecular weight is 282 g/mol. The largest absolute Gasteiger partial charge is 0.348 e. The molecule has 5 heteroatoms. The Balaban J connectivity index is 0.000000810. The molecule has 0 atom stereocenters. The number of aromatic nitrogens is 3. The van der Waals surface area contributed by atoms with Crippen LogP contribution >= 0.6 is 24.8 Å². The van der Waals surface area contributed by atoms with Gasteiger partial charge in [0.1, 0.15) is 0 Å². The van der Waals surface area contributed by atoms with Gasteiger partial charge in [-0.2, -0.15) is 0 Å². The summed E-state index contributed by atoms with van der Waals surface area (Å²) >= 11 is 0. The summed E-state index contributed by atoms with van der Waals surface area (Å²) in [6.07, 6.45) is 8.21. The fraction of sp³-hybridized carbons (Fsp3) is 0.0769. The van der Waals surface area contributed by atoms with Gasteiger partial charge in [0.2, 0.25) is 0 Å². The smallest absolute Gasteiger partial charge is 0.0921 e. The lowest BCUT2D eigenvalue weighted by molar-refractivity contribution is 1.10. The Hall–Kier alpha value is -1.58. The van der Waals surface area contributed by atoms with Crippen LogP contribution < -0.4 is 0 Å². The Morgan fingerprint density at radius 3 is 2.56 bits per heavy atom. The third-order valence-electron chi connectivity index (χ3n) is 2.69. The SMILES string of the molecule is Cl.Cl.c1ccc2c(Cc3cnc[nH]3)cncc2c1. The molecule has 1 N–H and O–H groups in total. The molecule has 18 heavy (non-hydrogen) atoms. The number of nitrogens with one attached hydrogen (secondary N) is 1. The van der Waals surface area contributed by atoms with Crippen LogP contribution in [0.5, 0.6) is 0 Å². The van der Waals surface area contributed by atoms with Crippen molar-refractivity contribution >= 4 is 35.6 Å². The number of aromatic amines is 1. The first-order valence-electron chi connectivity index (χ1n) is 5.22. The molecule has 0 saturated heterocycles. The topological polar surface area (TPSA) is 41.6 Å². The summed E-state index contributed by atoms with van der Waals surface area (Å²) in [5, 5.41) is 2.44. The summed E-state index contributed by atoms with van der Waals surface area (Å²) in [6.45, 7) is 0. The third kappa shape index (κ3) is 2.81. The van der Waals surface area contributed by atoms with Crippen molar-refractivity contribution in [1.82, 2.24) is 15.0 Å². The van der Waals surface area contributed by atoms with Crippen molar-refractivity contribution in [2.24, 2.45) is 0 Å². The fourth-order valence-electron chi connectivity index (χ4n) is 1.91. The Labute approximate surface area is 117 Å². The average Bonchev–Trinajstić information content (AvgIpc) is 2.82. The number of hydrogen-bond donors (Lipinski definition) is 1. The number of fused-ring (bicyclic) bond motifs is 1. The second-order valence-corrected chi connectivity index (χ2v) is 3.77. The molecule has 0 aliphatic heterocycles. The highest BCUT2D eigenvalue weighted by molar-refractivity contribution is 5.86. The van der Waals surface area contributed by atoms with E-state index in [-0.39, 0.29) is 24.8 Å². The van der Waals surface area contributed by atoms with Gasteiger partial charge in [0.05, 0.1) is 6.33 Å². The van der Waals surface area contributed by atoms with Crippen molar-refractivity contribution in [3.8, 4) is 0 Å². The Morgan fingerprint density at radius 2 is 1.78 bits per heavy atom. The minimum atomic E-state index is 0. The monoisotopic (exact) mass is 281 g/mol. The molecule has 94 valence electrons. The minimum Gasteiger partial charge on any atom is -0.348 e. The number of benzene rings is 1. The molecule has 0 fully saturated rings. The molecule has 3 nitrogen and oxygen atoms in total. The zero-order chi connectivity index (χ0) is 10.8. The first-order chi connectivity index (χ1) is 7.93. The van der Waals surface area contributed by atoms with Gasteiger partial charge in [-0.05, 0) is 10.9 Å². The zero-order valence-corrected chi connectivity index (χ0v) is 11.2. The van der Waals surface area contributed by atoms with Gasteiger partial charge < -0.3 is 4.98 Å². The third-order valence-corrected chi connectivity index (χ3v) is 2.69. The van der Waals surface area contributed by atoms with E-state index in [0.29, 0.717) is 0 Å². The number of pyridine rings is 1. The van der Waals surface area contributed by atoms with Gasteiger partial charge in [0.25, 0.3) is 0 Å². The van der Waals surface area contributed by atoms with Crippen molar-refractivity contribution < 1.29 is 0 Å². The molecule has 3 rings (SSSR count). The molecule has 0 aliphatic carbocycles. The second-order valence-electron chi connectivity index (χ2n) is 3.77. The first-order valence-corrected chi connectivity index (χ1v) is 5.22. The van der Waals surface area contributed by atoms with E-state index in [1.165, 1.54) is 16.3 Å². The molecule has 0 unspecified atom stereocenters. The summed E-state index contributed by atoms with van der Waals surface area (Å²) in [4.78, 5) is 11.4. The summed E-state index contributed by atoms with van der Waals surface area (Å²) < 4.78 is 0. The van der Waals surface area contributed by atoms with Crippen molar-refractivity contribution in [3.63, 3.8) is 0 Å². The van der Waals surface area contributed by atoms with Crippen LogP contribution in [0.3, 0.4) is 0 Å². The zero-order valence-electron chi connectivity index (χ0n) is 9.54. The number of imidazole rings is 1. The van der Waals surface area contributed by atoms with E-state index < -0.39 is 0 Å². The molecule has 2 heterocycles. The van der Waals surface area contributed by atoms with E-state index in [9.17, 15) is 0 Å². The van der Waals surface area contributed by atoms with Crippen LogP contribution in [0.1, 0.15) is 11.3 Å². The van der Waals surface area contributed by atoms with Crippen LogP contribution in [0.4, 0.5) is 0 Å². The van der Waals surface area contributed by atoms with Crippen molar-refractivity contribution in [3.05, 3.63) is 60.4 Å². The summed E-state index contributed by atoms with van der Waals surface area (Å²) in [5.41, 5.74) is 2.33. The molecule has 0 saturated carbocycles. The lowest BCUT2D eigenvalue weighted by Gasteiger charge is -2.03. The standard InChI is InChI=1S/C13H11N3.2ClH/c1-2-4-13-10(3-1)6-14-7-11(13)5-12-8-15-9-16-12;;/h1-4,6-9H,5H2,(H,15,16);2*1H. The molecular weight excluding hydrogens is 269 g/mol. The van der Waals surface area contributed by atoms with E-state index in [4.69, 9.17) is 0 Å². The van der Waals surface area contributed by atoms with Gasteiger partial charge in [0, 0.05) is 36.1 Å². The molecular formula is C13H13Cl2N3. The number of hydrogen-bond acceptors (Lipinski definition) is 2. The Bertz CT molecular complexity index is 603. The molecule has 1 aromatic carbocycles. The highest BCUT2D eigenvalue weighted by Crippen LogP contribution is 2.18. The lowest BCUT2D eigenvalue weighted by Crippen LogP contribution is -1.91. The van der Waals surface area contributed by atoms with Gasteiger partial charge in [-0.3, -0.25) is 4.98 Å². The van der Waals surface area contributed by atoms with Gasteiger partial charge in [-0.25, -0.2) is 4.98 Å². The lowest BCUT2D eigenvalue weighted by atomic mass is 10.0. The van der Waals surface area contributed by atoms with Crippen LogP contribution in [0.25, 0.3) is 10.8 Å². The van der Waals surface area contributed by atoms with Crippen LogP contribution in [0, 0.1) is 0 Å². The van der Waals surface area contributed by atoms with Crippen LogP contribution in [-0.2, 0) is 6.42 Å². The van der Waals surface area contributed by atoms with E-state index in [0.717, 1.165) is 12.1 Å². The fourth-order valence-corrected chi connectivity index (χ4v) is 1.91. The maximum atomic E-state index is 4.26. The number of rotatable bonds is 2. The maximum Gasteiger partial charge on any atom is 0.0921 e. The Kier molecular flexibility index (Phi) is 5.13. The summed E-state index contributed by atoms with van der Waals surface area (Å²) in [7, 11) is 0. The van der Waals surface area contributed by atoms with Crippen LogP contribution in [0.2, 0.25) is 0 Å². The second kappa shape index (κ2) is 6.38. The molecule has 0 amide bonds. The Morgan fingerprint density at radius 1 is 0.944 bits per heavy atom. The predicted octanol–water partition coefficient (Wildman–Crippen LogP) is 3.39. The summed E-state index contributed by atoms with van der Waals surface area (Å²) in [6, 6.07) is 8.30. The van der Waals surface area contributed by atoms with E-state index in [1.54, 1.807) is 6.33 Å². The highest BCUT2D eigenvalue weighted by Gasteiger charge is 2.02. The number of halogens is 2. The molecule has 2 aromatic heterocycles. The van der Waals surface area contributed by atoms with Crippen LogP contribution in [-0.4, -0.2) is 15.0 Å². The molecule has 0 aliphatic rings. The molecule has 0 spiro atoms. The first kappa shape index (κ1) is 14.5. The molecule has 3 aromatic rings. The van der Waals surface area contributed by atoms with Gasteiger partial charge in [0.15, 0.2) is 0 Å². The molecule has 0 bridgehead atoms.